The van der Waals surface area contributed by atoms with E-state index in [-0.39, 0.29) is 29.2 Å². The lowest BCUT2D eigenvalue weighted by Crippen LogP contribution is -2.41. The molecule has 3 rings (SSSR count). The van der Waals surface area contributed by atoms with E-state index >= 15 is 0 Å². The maximum Gasteiger partial charge on any atom is 0.227 e. The van der Waals surface area contributed by atoms with Crippen molar-refractivity contribution in [1.29, 1.82) is 0 Å². The molecule has 1 aromatic carbocycles. The van der Waals surface area contributed by atoms with Gasteiger partial charge in [0.15, 0.2) is 9.84 Å². The quantitative estimate of drug-likeness (QED) is 0.742. The van der Waals surface area contributed by atoms with Gasteiger partial charge in [0, 0.05) is 25.2 Å². The van der Waals surface area contributed by atoms with Crippen molar-refractivity contribution in [2.75, 3.05) is 37.4 Å². The summed E-state index contributed by atoms with van der Waals surface area (Å²) in [6, 6.07) is 7.10. The van der Waals surface area contributed by atoms with Crippen LogP contribution in [0.25, 0.3) is 0 Å². The van der Waals surface area contributed by atoms with Gasteiger partial charge < -0.3 is 15.0 Å². The van der Waals surface area contributed by atoms with Gasteiger partial charge in [-0.05, 0) is 30.5 Å². The highest BCUT2D eigenvalue weighted by Crippen LogP contribution is 2.25. The van der Waals surface area contributed by atoms with Crippen LogP contribution in [0.3, 0.4) is 0 Å². The van der Waals surface area contributed by atoms with Crippen LogP contribution in [0.15, 0.2) is 24.3 Å². The van der Waals surface area contributed by atoms with E-state index in [0.29, 0.717) is 51.3 Å². The fraction of sp³-hybridized carbons (Fsp3) is 0.600. The number of nitrogens with zero attached hydrogens (tertiary/aromatic N) is 1. The Labute approximate surface area is 166 Å². The molecule has 1 aromatic rings. The number of amides is 2. The highest BCUT2D eigenvalue weighted by Gasteiger charge is 2.28. The number of carbonyl (C=O) groups excluding carboxylic acids is 2. The Hall–Kier alpha value is -1.93. The number of morpholine rings is 1. The van der Waals surface area contributed by atoms with E-state index in [2.05, 4.69) is 5.32 Å². The molecule has 0 aromatic heterocycles. The normalized spacial score (nSPS) is 18.2. The molecule has 0 unspecified atom stereocenters. The zero-order valence-electron chi connectivity index (χ0n) is 16.1. The smallest absolute Gasteiger partial charge is 0.227 e. The second-order valence-corrected chi connectivity index (χ2v) is 9.84. The third kappa shape index (κ3) is 5.78. The first kappa shape index (κ1) is 20.8. The zero-order chi connectivity index (χ0) is 20.0. The SMILES string of the molecule is O=C(CCS(=O)(=O)C1CCCC1)Nc1ccc(CC(=O)N2CCOCC2)cc1. The third-order valence-electron chi connectivity index (χ3n) is 5.38. The van der Waals surface area contributed by atoms with E-state index in [1.807, 2.05) is 12.1 Å². The number of sulfone groups is 1. The van der Waals surface area contributed by atoms with Crippen molar-refractivity contribution in [1.82, 2.24) is 4.90 Å². The highest BCUT2D eigenvalue weighted by atomic mass is 32.2. The minimum atomic E-state index is -3.19. The van der Waals surface area contributed by atoms with Crippen LogP contribution in [0.1, 0.15) is 37.7 Å². The number of benzene rings is 1. The highest BCUT2D eigenvalue weighted by molar-refractivity contribution is 7.92. The van der Waals surface area contributed by atoms with Gasteiger partial charge in [0.1, 0.15) is 0 Å². The number of carbonyl (C=O) groups is 2. The molecule has 7 nitrogen and oxygen atoms in total. The molecule has 2 amide bonds. The van der Waals surface area contributed by atoms with E-state index in [4.69, 9.17) is 4.74 Å². The first-order chi connectivity index (χ1) is 13.4. The predicted octanol–water partition coefficient (Wildman–Crippen LogP) is 1.77. The topological polar surface area (TPSA) is 92.8 Å². The van der Waals surface area contributed by atoms with Crippen molar-refractivity contribution in [2.45, 2.75) is 43.8 Å². The number of hydrogen-bond acceptors (Lipinski definition) is 5. The van der Waals surface area contributed by atoms with Crippen molar-refractivity contribution < 1.29 is 22.7 Å². The molecular weight excluding hydrogens is 380 g/mol. The Morgan fingerprint density at radius 3 is 2.36 bits per heavy atom. The number of rotatable bonds is 7. The summed E-state index contributed by atoms with van der Waals surface area (Å²) in [5.41, 5.74) is 1.48. The molecule has 2 fully saturated rings. The van der Waals surface area contributed by atoms with Gasteiger partial charge in [0.05, 0.1) is 30.6 Å². The number of ether oxygens (including phenoxy) is 1. The summed E-state index contributed by atoms with van der Waals surface area (Å²) in [6.45, 7) is 2.40. The molecular formula is C20H28N2O5S. The summed E-state index contributed by atoms with van der Waals surface area (Å²) in [4.78, 5) is 26.2. The van der Waals surface area contributed by atoms with Crippen LogP contribution in [0.4, 0.5) is 5.69 Å². The lowest BCUT2D eigenvalue weighted by molar-refractivity contribution is -0.134. The van der Waals surface area contributed by atoms with Crippen molar-refractivity contribution in [3.8, 4) is 0 Å². The van der Waals surface area contributed by atoms with Crippen molar-refractivity contribution in [3.63, 3.8) is 0 Å². The van der Waals surface area contributed by atoms with Crippen LogP contribution in [-0.2, 0) is 30.6 Å². The van der Waals surface area contributed by atoms with Crippen LogP contribution in [0, 0.1) is 0 Å². The molecule has 1 saturated heterocycles. The molecule has 2 aliphatic rings. The molecule has 0 radical (unpaired) electrons. The maximum absolute atomic E-state index is 12.3. The van der Waals surface area contributed by atoms with Gasteiger partial charge in [0.25, 0.3) is 0 Å². The Morgan fingerprint density at radius 1 is 1.07 bits per heavy atom. The second kappa shape index (κ2) is 9.52. The second-order valence-electron chi connectivity index (χ2n) is 7.44. The lowest BCUT2D eigenvalue weighted by Gasteiger charge is -2.26. The van der Waals surface area contributed by atoms with E-state index in [1.165, 1.54) is 0 Å². The zero-order valence-corrected chi connectivity index (χ0v) is 16.9. The van der Waals surface area contributed by atoms with Crippen LogP contribution in [-0.4, -0.2) is 62.4 Å². The maximum atomic E-state index is 12.3. The Balaban J connectivity index is 1.45. The standard InChI is InChI=1S/C20H28N2O5S/c23-19(9-14-28(25,26)18-3-1-2-4-18)21-17-7-5-16(6-8-17)15-20(24)22-10-12-27-13-11-22/h5-8,18H,1-4,9-15H2,(H,21,23). The van der Waals surface area contributed by atoms with Gasteiger partial charge in [-0.25, -0.2) is 8.42 Å². The van der Waals surface area contributed by atoms with E-state index in [9.17, 15) is 18.0 Å². The Kier molecular flexibility index (Phi) is 7.07. The number of nitrogens with one attached hydrogen (secondary N) is 1. The molecule has 1 saturated carbocycles. The van der Waals surface area contributed by atoms with Crippen molar-refractivity contribution >= 4 is 27.3 Å². The third-order valence-corrected chi connectivity index (χ3v) is 7.64. The van der Waals surface area contributed by atoms with Crippen LogP contribution in [0.2, 0.25) is 0 Å². The van der Waals surface area contributed by atoms with Gasteiger partial charge in [-0.1, -0.05) is 25.0 Å². The van der Waals surface area contributed by atoms with Gasteiger partial charge >= 0.3 is 0 Å². The minimum absolute atomic E-state index is 0.0316. The number of hydrogen-bond donors (Lipinski definition) is 1. The number of anilines is 1. The molecule has 8 heteroatoms. The molecule has 1 aliphatic carbocycles. The average Bonchev–Trinajstić information content (AvgIpc) is 3.25. The molecule has 28 heavy (non-hydrogen) atoms. The molecule has 1 aliphatic heterocycles. The monoisotopic (exact) mass is 408 g/mol. The fourth-order valence-electron chi connectivity index (χ4n) is 3.68. The summed E-state index contributed by atoms with van der Waals surface area (Å²) >= 11 is 0. The first-order valence-electron chi connectivity index (χ1n) is 9.90. The molecule has 0 spiro atoms. The summed E-state index contributed by atoms with van der Waals surface area (Å²) < 4.78 is 29.7. The van der Waals surface area contributed by atoms with E-state index in [1.54, 1.807) is 17.0 Å². The molecule has 0 atom stereocenters. The van der Waals surface area contributed by atoms with Crippen LogP contribution >= 0.6 is 0 Å². The van der Waals surface area contributed by atoms with Gasteiger partial charge in [0.2, 0.25) is 11.8 Å². The Bertz CT molecular complexity index is 779. The molecule has 154 valence electrons. The van der Waals surface area contributed by atoms with E-state index < -0.39 is 9.84 Å². The minimum Gasteiger partial charge on any atom is -0.378 e. The van der Waals surface area contributed by atoms with E-state index in [0.717, 1.165) is 18.4 Å². The molecule has 1 heterocycles. The Morgan fingerprint density at radius 2 is 1.71 bits per heavy atom. The molecule has 1 N–H and O–H groups in total. The van der Waals surface area contributed by atoms with Crippen LogP contribution in [0.5, 0.6) is 0 Å². The summed E-state index contributed by atoms with van der Waals surface area (Å²) in [5.74, 6) is -0.341. The lowest BCUT2D eigenvalue weighted by atomic mass is 10.1. The summed E-state index contributed by atoms with van der Waals surface area (Å²) in [5, 5.41) is 2.46. The molecule has 0 bridgehead atoms. The van der Waals surface area contributed by atoms with Crippen molar-refractivity contribution in [3.05, 3.63) is 29.8 Å². The average molecular weight is 409 g/mol. The summed E-state index contributed by atoms with van der Waals surface area (Å²) in [6.07, 6.45) is 3.63. The van der Waals surface area contributed by atoms with Gasteiger partial charge in [-0.2, -0.15) is 0 Å². The summed E-state index contributed by atoms with van der Waals surface area (Å²) in [7, 11) is -3.19. The predicted molar refractivity (Wildman–Crippen MR) is 107 cm³/mol. The fourth-order valence-corrected chi connectivity index (χ4v) is 5.53. The van der Waals surface area contributed by atoms with Gasteiger partial charge in [-0.3, -0.25) is 9.59 Å². The van der Waals surface area contributed by atoms with Crippen LogP contribution < -0.4 is 5.32 Å². The van der Waals surface area contributed by atoms with Gasteiger partial charge in [-0.15, -0.1) is 0 Å². The van der Waals surface area contributed by atoms with Crippen molar-refractivity contribution in [2.24, 2.45) is 0 Å². The first-order valence-corrected chi connectivity index (χ1v) is 11.6. The largest absolute Gasteiger partial charge is 0.378 e.